The van der Waals surface area contributed by atoms with Crippen LogP contribution in [-0.2, 0) is 38.4 Å². The second-order valence-electron chi connectivity index (χ2n) is 32.9. The van der Waals surface area contributed by atoms with Crippen molar-refractivity contribution in [3.05, 3.63) is 357 Å². The van der Waals surface area contributed by atoms with Crippen molar-refractivity contribution in [2.24, 2.45) is 23.3 Å². The van der Waals surface area contributed by atoms with Crippen LogP contribution in [0.5, 0.6) is 0 Å². The van der Waals surface area contributed by atoms with Crippen molar-refractivity contribution in [2.75, 3.05) is 16.0 Å². The number of carboxylic acids is 1. The van der Waals surface area contributed by atoms with Gasteiger partial charge in [-0.05, 0) is 111 Å². The zero-order valence-electron chi connectivity index (χ0n) is 76.9. The fraction of sp³-hybridized carbons (Fsp3) is 0.144. The number of aromatic nitrogens is 19. The number of carboxylic acid groups (broad SMARTS) is 1. The van der Waals surface area contributed by atoms with E-state index in [0.29, 0.717) is 124 Å². The molecule has 12 aromatic heterocycles. The molecule has 37 heteroatoms. The van der Waals surface area contributed by atoms with Crippen molar-refractivity contribution >= 4 is 117 Å². The van der Waals surface area contributed by atoms with Gasteiger partial charge in [0.05, 0.1) is 54.5 Å². The predicted octanol–water partition coefficient (Wildman–Crippen LogP) is 20.7. The number of aryl methyl sites for hydroxylation is 5. The summed E-state index contributed by atoms with van der Waals surface area (Å²) in [6, 6.07) is 57.6. The maximum absolute atomic E-state index is 12.1. The van der Waals surface area contributed by atoms with Gasteiger partial charge in [-0.3, -0.25) is 38.8 Å². The first-order valence-electron chi connectivity index (χ1n) is 44.2. The van der Waals surface area contributed by atoms with Crippen LogP contribution in [0.2, 0.25) is 25.1 Å². The van der Waals surface area contributed by atoms with Gasteiger partial charge in [-0.25, -0.2) is 53.7 Å². The molecule has 710 valence electrons. The number of ketones is 1. The number of carbonyl (C=O) groups excluding carboxylic acids is 6. The van der Waals surface area contributed by atoms with Gasteiger partial charge in [0.15, 0.2) is 11.6 Å². The zero-order valence-corrected chi connectivity index (χ0v) is 80.7. The van der Waals surface area contributed by atoms with Gasteiger partial charge in [-0.1, -0.05) is 193 Å². The van der Waals surface area contributed by atoms with Gasteiger partial charge in [0.1, 0.15) is 63.9 Å². The molecule has 0 spiro atoms. The summed E-state index contributed by atoms with van der Waals surface area (Å²) < 4.78 is 8.54. The lowest BCUT2D eigenvalue weighted by molar-refractivity contribution is -0.120. The molecular weight excluding hydrogens is 1890 g/mol. The zero-order chi connectivity index (χ0) is 99.7. The number of aromatic carboxylic acids is 1. The van der Waals surface area contributed by atoms with Crippen molar-refractivity contribution < 1.29 is 38.7 Å². The molecule has 0 unspecified atom stereocenters. The number of imidazole rings is 1. The molecule has 0 atom stereocenters. The number of amides is 5. The van der Waals surface area contributed by atoms with E-state index in [0.717, 1.165) is 98.5 Å². The maximum Gasteiger partial charge on any atom is 0.339 e. The van der Waals surface area contributed by atoms with Crippen LogP contribution in [0.25, 0.3) is 107 Å². The van der Waals surface area contributed by atoms with Crippen LogP contribution in [0.4, 0.5) is 17.5 Å². The lowest BCUT2D eigenvalue weighted by Crippen LogP contribution is -2.18. The minimum absolute atomic E-state index is 0.0624. The molecular formula is C104H91Cl5N24O8. The van der Waals surface area contributed by atoms with E-state index in [9.17, 15) is 38.7 Å². The minimum atomic E-state index is -1.08. The van der Waals surface area contributed by atoms with Gasteiger partial charge in [0.25, 0.3) is 11.8 Å². The lowest BCUT2D eigenvalue weighted by atomic mass is 10.0. The molecule has 32 nitrogen and oxygen atoms in total. The number of halogens is 5. The highest BCUT2D eigenvalue weighted by molar-refractivity contribution is 6.35. The van der Waals surface area contributed by atoms with Gasteiger partial charge in [0.2, 0.25) is 17.7 Å². The van der Waals surface area contributed by atoms with Crippen molar-refractivity contribution in [2.45, 2.75) is 87.0 Å². The van der Waals surface area contributed by atoms with Gasteiger partial charge in [0, 0.05) is 210 Å². The summed E-state index contributed by atoms with van der Waals surface area (Å²) >= 11 is 31.7. The number of hydrogen-bond acceptors (Lipinski definition) is 19. The van der Waals surface area contributed by atoms with Gasteiger partial charge in [-0.15, -0.1) is 0 Å². The lowest BCUT2D eigenvalue weighted by Gasteiger charge is -2.11. The number of hydrogen-bond donors (Lipinski definition) is 8. The Labute approximate surface area is 833 Å². The summed E-state index contributed by atoms with van der Waals surface area (Å²) in [5.74, 6) is 1.47. The second kappa shape index (κ2) is 45.2. The Balaban J connectivity index is 0.000000133. The number of rotatable bonds is 26. The molecule has 5 amide bonds. The third-order valence-corrected chi connectivity index (χ3v) is 23.8. The van der Waals surface area contributed by atoms with E-state index in [1.165, 1.54) is 36.6 Å². The molecule has 141 heavy (non-hydrogen) atoms. The fourth-order valence-electron chi connectivity index (χ4n) is 15.0. The van der Waals surface area contributed by atoms with Crippen LogP contribution in [0.1, 0.15) is 112 Å². The summed E-state index contributed by atoms with van der Waals surface area (Å²) in [4.78, 5) is 120. The number of aromatic amines is 2. The van der Waals surface area contributed by atoms with Crippen LogP contribution in [-0.4, -0.2) is 140 Å². The second-order valence-corrected chi connectivity index (χ2v) is 34.9. The molecule has 0 bridgehead atoms. The molecule has 12 heterocycles. The Morgan fingerprint density at radius 3 is 1.51 bits per heavy atom. The Bertz CT molecular complexity index is 7470. The standard InChI is InChI=1S/C23H19ClN4O2.C21H19ClN4O2.C21H21ClN4O2.C20H17ClN6O.C19H15ClN6O/c24-19-11-5-4-10-17(19)22-18(23(29)30)15-28(27-22)21-13-14-25-20(26-21)12-6-9-16-7-2-1-3-8-16;1-12-10-24-14(9-19(27)13-6-7-13)8-18(12)26-11-16(21(23)28)20(25-26)15-4-2-3-5-17(15)22;1-12(2)21(28)25-19-8-18(13(3)9-24-19)26-10-15(16(11-26)20(23)27)14-6-4-5-7-17(14)22;1-12-8-22-19(25-13(2)28)7-18(12)27-9-15(14-5-3-4-6-17(14)21)16(10-27)20-23-11-24-26-20;1-12(27)24-17-10-13(6-7-21-17)26-11-15(19-22-8-9-23-19)18(25-26)14-4-2-3-5-16(14)20/h1-5,7-8,10-11,13-15H,6,9,12H2,(H,29,30);2-5,8,10-11,13H,6-7,9H2,1H3,(H2,23,28);4-12H,1-3H3,(H2,23,27)(H,24,25,28);3-11H,1-2H3,(H,22,25,28)(H,23,24,26);2-11H,1H3,(H,22,23)(H,21,24,27). The molecule has 6 aromatic carbocycles. The van der Waals surface area contributed by atoms with E-state index in [2.05, 4.69) is 93.3 Å². The number of benzene rings is 6. The molecule has 19 rings (SSSR count). The van der Waals surface area contributed by atoms with Crippen LogP contribution >= 0.6 is 58.0 Å². The number of nitrogens with two attached hydrogens (primary N) is 2. The third-order valence-electron chi connectivity index (χ3n) is 22.2. The van der Waals surface area contributed by atoms with E-state index in [-0.39, 0.29) is 46.5 Å². The number of nitrogens with one attached hydrogen (secondary N) is 5. The summed E-state index contributed by atoms with van der Waals surface area (Å²) in [6.45, 7) is 12.3. The monoisotopic (exact) mass is 1980 g/mol. The summed E-state index contributed by atoms with van der Waals surface area (Å²) in [6.07, 6.45) is 30.4. The summed E-state index contributed by atoms with van der Waals surface area (Å²) in [5.41, 5.74) is 28.0. The van der Waals surface area contributed by atoms with E-state index in [1.54, 1.807) is 143 Å². The fourth-order valence-corrected chi connectivity index (χ4v) is 16.2. The van der Waals surface area contributed by atoms with Crippen LogP contribution in [0.15, 0.2) is 281 Å². The maximum atomic E-state index is 12.1. The van der Waals surface area contributed by atoms with Crippen molar-refractivity contribution in [1.29, 1.82) is 0 Å². The Kier molecular flexibility index (Phi) is 31.7. The molecule has 0 aliphatic heterocycles. The Hall–Kier alpha value is -16.5. The van der Waals surface area contributed by atoms with Gasteiger partial charge in [-0.2, -0.15) is 20.4 Å². The van der Waals surface area contributed by atoms with Crippen molar-refractivity contribution in [3.63, 3.8) is 0 Å². The summed E-state index contributed by atoms with van der Waals surface area (Å²) in [7, 11) is 0. The normalized spacial score (nSPS) is 11.4. The number of Topliss-reactive ketones (excluding diaryl/α,β-unsaturated/α-hetero) is 1. The first kappa shape index (κ1) is 99.0. The van der Waals surface area contributed by atoms with Gasteiger partial charge < -0.3 is 46.6 Å². The largest absolute Gasteiger partial charge is 0.478 e. The molecule has 1 aliphatic carbocycles. The van der Waals surface area contributed by atoms with E-state index < -0.39 is 17.8 Å². The molecule has 1 saturated carbocycles. The summed E-state index contributed by atoms with van der Waals surface area (Å²) in [5, 5.41) is 41.1. The van der Waals surface area contributed by atoms with Crippen molar-refractivity contribution in [1.82, 2.24) is 93.5 Å². The van der Waals surface area contributed by atoms with E-state index in [1.807, 2.05) is 167 Å². The quantitative estimate of drug-likeness (QED) is 0.0250. The number of nitrogens with zero attached hydrogens (tertiary/aromatic N) is 17. The molecule has 1 aliphatic rings. The predicted molar refractivity (Wildman–Crippen MR) is 544 cm³/mol. The highest BCUT2D eigenvalue weighted by atomic mass is 35.5. The highest BCUT2D eigenvalue weighted by Gasteiger charge is 2.31. The highest BCUT2D eigenvalue weighted by Crippen LogP contribution is 2.41. The minimum Gasteiger partial charge on any atom is -0.478 e. The topological polar surface area (TPSA) is 439 Å². The van der Waals surface area contributed by atoms with Crippen molar-refractivity contribution in [3.8, 4) is 107 Å². The van der Waals surface area contributed by atoms with E-state index >= 15 is 0 Å². The number of carbonyl (C=O) groups is 7. The number of primary amides is 2. The first-order chi connectivity index (χ1) is 68.0. The molecule has 0 saturated heterocycles. The Morgan fingerprint density at radius 2 is 0.957 bits per heavy atom. The third kappa shape index (κ3) is 24.5. The molecule has 0 radical (unpaired) electrons. The molecule has 1 fully saturated rings. The molecule has 10 N–H and O–H groups in total. The molecule has 18 aromatic rings. The first-order valence-corrected chi connectivity index (χ1v) is 46.1. The van der Waals surface area contributed by atoms with Crippen LogP contribution in [0.3, 0.4) is 0 Å². The number of H-pyrrole nitrogens is 2. The van der Waals surface area contributed by atoms with Crippen LogP contribution in [0, 0.1) is 32.6 Å². The van der Waals surface area contributed by atoms with Gasteiger partial charge >= 0.3 is 5.97 Å². The average Bonchev–Trinajstić information content (AvgIpc) is 1.62. The van der Waals surface area contributed by atoms with E-state index in [4.69, 9.17) is 74.6 Å². The number of anilines is 3. The van der Waals surface area contributed by atoms with Crippen LogP contribution < -0.4 is 27.4 Å². The SMILES string of the molecule is CC(=O)Nc1cc(-n2cc(-c3ncc[nH]3)c(-c3ccccc3Cl)n2)ccn1.CC(=O)Nc1cc(-n2cc(-c3ncn[nH]3)c(-c3ccccc3Cl)c2)c(C)cn1.Cc1cnc(CC(=O)C2CC2)cc1-n1cc(C(N)=O)c(-c2ccccc2Cl)n1.Cc1cnc(NC(=O)C(C)C)cc1-n1cc(C(N)=O)c(-c2ccccc2Cl)c1.O=C(O)c1cn(-c2ccnc(CCCc3ccccc3)n2)nc1-c1ccccc1Cl. The Morgan fingerprint density at radius 1 is 0.454 bits per heavy atom. The smallest absolute Gasteiger partial charge is 0.339 e. The number of pyridine rings is 4. The average molecular weight is 1980 g/mol.